The van der Waals surface area contributed by atoms with Crippen molar-refractivity contribution in [2.75, 3.05) is 13.2 Å². The minimum atomic E-state index is -0.183. The van der Waals surface area contributed by atoms with E-state index in [-0.39, 0.29) is 11.9 Å². The highest BCUT2D eigenvalue weighted by Crippen LogP contribution is 2.27. The number of hydrogen-bond donors (Lipinski definition) is 0. The number of allylic oxidation sites excluding steroid dienone is 4. The maximum absolute atomic E-state index is 12.8. The van der Waals surface area contributed by atoms with Crippen LogP contribution in [-0.2, 0) is 9.53 Å². The van der Waals surface area contributed by atoms with Gasteiger partial charge >= 0.3 is 5.97 Å². The molecule has 0 saturated carbocycles. The Morgan fingerprint density at radius 2 is 0.936 bits per heavy atom. The van der Waals surface area contributed by atoms with Gasteiger partial charge in [0.15, 0.2) is 0 Å². The zero-order valence-electron chi connectivity index (χ0n) is 31.4. The molecule has 0 heterocycles. The Hall–Kier alpha value is -2.03. The Kier molecular flexibility index (Phi) is 31.0. The topological polar surface area (TPSA) is 35.5 Å². The van der Waals surface area contributed by atoms with Crippen molar-refractivity contribution < 1.29 is 14.3 Å². The molecule has 0 radical (unpaired) electrons. The predicted molar refractivity (Wildman–Crippen MR) is 206 cm³/mol. The Bertz CT molecular complexity index is 855. The first-order valence-corrected chi connectivity index (χ1v) is 20.4. The van der Waals surface area contributed by atoms with Gasteiger partial charge in [0.25, 0.3) is 0 Å². The number of unbranched alkanes of at least 4 members (excludes halogenated alkanes) is 22. The van der Waals surface area contributed by atoms with Crippen LogP contribution in [0.2, 0.25) is 0 Å². The summed E-state index contributed by atoms with van der Waals surface area (Å²) in [7, 11) is 0. The summed E-state index contributed by atoms with van der Waals surface area (Å²) in [5, 5.41) is 0. The van der Waals surface area contributed by atoms with Crippen molar-refractivity contribution in [2.45, 2.75) is 200 Å². The summed E-state index contributed by atoms with van der Waals surface area (Å²) in [6, 6.07) is 8.18. The van der Waals surface area contributed by atoms with E-state index in [2.05, 4.69) is 50.3 Å². The van der Waals surface area contributed by atoms with E-state index in [0.29, 0.717) is 6.61 Å². The Morgan fingerprint density at radius 3 is 1.38 bits per heavy atom. The molecule has 0 bridgehead atoms. The molecule has 0 aliphatic rings. The third-order valence-electron chi connectivity index (χ3n) is 9.28. The summed E-state index contributed by atoms with van der Waals surface area (Å²) in [5.41, 5.74) is 1.05. The first-order chi connectivity index (χ1) is 23.2. The monoisotopic (exact) mass is 653 g/mol. The lowest BCUT2D eigenvalue weighted by Gasteiger charge is -2.16. The Balaban J connectivity index is 2.14. The van der Waals surface area contributed by atoms with Gasteiger partial charge in [0.05, 0.1) is 19.1 Å². The molecule has 1 aromatic rings. The molecule has 0 aliphatic carbocycles. The zero-order valence-corrected chi connectivity index (χ0v) is 31.4. The lowest BCUT2D eigenvalue weighted by molar-refractivity contribution is -0.145. The van der Waals surface area contributed by atoms with Crippen molar-refractivity contribution in [3.8, 4) is 5.75 Å². The second-order valence-electron chi connectivity index (χ2n) is 13.7. The van der Waals surface area contributed by atoms with Gasteiger partial charge in [0.1, 0.15) is 5.75 Å². The van der Waals surface area contributed by atoms with Crippen LogP contribution < -0.4 is 4.74 Å². The molecule has 0 saturated heterocycles. The SMILES string of the molecule is CCCCCCCC/C=C\CCCCCCCCOc1ccc(C(CCCCCC/C=C\CCCCCCCC)C(=O)OCC)cc1. The molecule has 1 atom stereocenters. The summed E-state index contributed by atoms with van der Waals surface area (Å²) >= 11 is 0. The molecule has 1 rings (SSSR count). The number of rotatable bonds is 34. The Labute approximate surface area is 292 Å². The van der Waals surface area contributed by atoms with Gasteiger partial charge in [-0.25, -0.2) is 0 Å². The van der Waals surface area contributed by atoms with Crippen LogP contribution >= 0.6 is 0 Å². The molecule has 0 N–H and O–H groups in total. The van der Waals surface area contributed by atoms with E-state index in [9.17, 15) is 4.79 Å². The van der Waals surface area contributed by atoms with Gasteiger partial charge in [-0.15, -0.1) is 0 Å². The minimum absolute atomic E-state index is 0.0945. The highest BCUT2D eigenvalue weighted by molar-refractivity contribution is 5.78. The Morgan fingerprint density at radius 1 is 0.532 bits per heavy atom. The third kappa shape index (κ3) is 26.6. The molecule has 0 amide bonds. The lowest BCUT2D eigenvalue weighted by atomic mass is 9.93. The number of esters is 1. The molecule has 270 valence electrons. The average molecular weight is 653 g/mol. The van der Waals surface area contributed by atoms with Crippen LogP contribution in [0.25, 0.3) is 0 Å². The fourth-order valence-electron chi connectivity index (χ4n) is 6.24. The van der Waals surface area contributed by atoms with E-state index in [1.165, 1.54) is 154 Å². The number of benzene rings is 1. The van der Waals surface area contributed by atoms with Gasteiger partial charge in [-0.2, -0.15) is 0 Å². The van der Waals surface area contributed by atoms with E-state index in [1.54, 1.807) is 0 Å². The van der Waals surface area contributed by atoms with Gasteiger partial charge < -0.3 is 9.47 Å². The molecule has 1 aromatic carbocycles. The van der Waals surface area contributed by atoms with Crippen LogP contribution in [-0.4, -0.2) is 19.2 Å². The number of carbonyl (C=O) groups excluding carboxylic acids is 1. The van der Waals surface area contributed by atoms with E-state index < -0.39 is 0 Å². The van der Waals surface area contributed by atoms with E-state index in [1.807, 2.05) is 19.1 Å². The second kappa shape index (κ2) is 33.9. The van der Waals surface area contributed by atoms with Crippen molar-refractivity contribution in [1.29, 1.82) is 0 Å². The highest BCUT2D eigenvalue weighted by Gasteiger charge is 2.21. The predicted octanol–water partition coefficient (Wildman–Crippen LogP) is 14.4. The molecule has 3 heteroatoms. The second-order valence-corrected chi connectivity index (χ2v) is 13.7. The molecule has 1 unspecified atom stereocenters. The summed E-state index contributed by atoms with van der Waals surface area (Å²) in [6.07, 6.45) is 44.1. The molecule has 0 spiro atoms. The van der Waals surface area contributed by atoms with Gasteiger partial charge in [-0.3, -0.25) is 4.79 Å². The molecule has 0 fully saturated rings. The number of carbonyl (C=O) groups is 1. The minimum Gasteiger partial charge on any atom is -0.494 e. The maximum atomic E-state index is 12.8. The van der Waals surface area contributed by atoms with Crippen LogP contribution in [0.15, 0.2) is 48.6 Å². The summed E-state index contributed by atoms with van der Waals surface area (Å²) in [4.78, 5) is 12.8. The molecule has 47 heavy (non-hydrogen) atoms. The van der Waals surface area contributed by atoms with Crippen molar-refractivity contribution in [2.24, 2.45) is 0 Å². The molecular weight excluding hydrogens is 576 g/mol. The van der Waals surface area contributed by atoms with Crippen LogP contribution in [0, 0.1) is 0 Å². The third-order valence-corrected chi connectivity index (χ3v) is 9.28. The zero-order chi connectivity index (χ0) is 33.9. The standard InChI is InChI=1S/C44H76O3/c1-4-7-9-11-13-15-17-19-21-22-24-26-28-30-32-34-40-47-42-38-36-41(37-39-42)43(44(45)46-6-3)35-33-31-29-27-25-23-20-18-16-14-12-10-8-5-2/h19-21,23,36-39,43H,4-18,22,24-35,40H2,1-3H3/b21-19-,23-20-. The molecule has 3 nitrogen and oxygen atoms in total. The van der Waals surface area contributed by atoms with Crippen LogP contribution in [0.4, 0.5) is 0 Å². The fourth-order valence-corrected chi connectivity index (χ4v) is 6.24. The lowest BCUT2D eigenvalue weighted by Crippen LogP contribution is -2.16. The van der Waals surface area contributed by atoms with Gasteiger partial charge in [-0.05, 0) is 88.8 Å². The smallest absolute Gasteiger partial charge is 0.313 e. The first kappa shape index (κ1) is 43.0. The number of ether oxygens (including phenoxy) is 2. The average Bonchev–Trinajstić information content (AvgIpc) is 3.08. The molecule has 0 aromatic heterocycles. The van der Waals surface area contributed by atoms with E-state index >= 15 is 0 Å². The van der Waals surface area contributed by atoms with Gasteiger partial charge in [0, 0.05) is 0 Å². The van der Waals surface area contributed by atoms with Crippen molar-refractivity contribution >= 4 is 5.97 Å². The quantitative estimate of drug-likeness (QED) is 0.0422. The normalized spacial score (nSPS) is 12.3. The summed E-state index contributed by atoms with van der Waals surface area (Å²) in [5.74, 6) is 0.619. The van der Waals surface area contributed by atoms with Crippen LogP contribution in [0.1, 0.15) is 206 Å². The number of hydrogen-bond acceptors (Lipinski definition) is 3. The van der Waals surface area contributed by atoms with Gasteiger partial charge in [0.2, 0.25) is 0 Å². The van der Waals surface area contributed by atoms with Crippen LogP contribution in [0.3, 0.4) is 0 Å². The van der Waals surface area contributed by atoms with E-state index in [0.717, 1.165) is 37.2 Å². The van der Waals surface area contributed by atoms with Crippen molar-refractivity contribution in [3.05, 3.63) is 54.1 Å². The largest absolute Gasteiger partial charge is 0.494 e. The fraction of sp³-hybridized carbons (Fsp3) is 0.750. The van der Waals surface area contributed by atoms with Crippen LogP contribution in [0.5, 0.6) is 5.75 Å². The maximum Gasteiger partial charge on any atom is 0.313 e. The summed E-state index contributed by atoms with van der Waals surface area (Å²) < 4.78 is 11.5. The van der Waals surface area contributed by atoms with E-state index in [4.69, 9.17) is 9.47 Å². The highest BCUT2D eigenvalue weighted by atomic mass is 16.5. The summed E-state index contributed by atoms with van der Waals surface area (Å²) in [6.45, 7) is 7.64. The molecule has 0 aliphatic heterocycles. The van der Waals surface area contributed by atoms with Crippen molar-refractivity contribution in [3.63, 3.8) is 0 Å². The first-order valence-electron chi connectivity index (χ1n) is 20.4. The van der Waals surface area contributed by atoms with Gasteiger partial charge in [-0.1, -0.05) is 159 Å². The molecular formula is C44H76O3. The van der Waals surface area contributed by atoms with Crippen molar-refractivity contribution in [1.82, 2.24) is 0 Å².